The quantitative estimate of drug-likeness (QED) is 0.571. The van der Waals surface area contributed by atoms with Crippen molar-refractivity contribution < 1.29 is 14.4 Å². The van der Waals surface area contributed by atoms with Crippen LogP contribution >= 0.6 is 0 Å². The first-order chi connectivity index (χ1) is 8.74. The van der Waals surface area contributed by atoms with Crippen LogP contribution in [0.3, 0.4) is 0 Å². The summed E-state index contributed by atoms with van der Waals surface area (Å²) in [7, 11) is 1.46. The molecule has 1 aromatic carbocycles. The molecule has 0 spiro atoms. The maximum absolute atomic E-state index is 12.2. The smallest absolute Gasteiger partial charge is 0.278 e. The number of benzene rings is 1. The van der Waals surface area contributed by atoms with E-state index in [1.807, 2.05) is 6.92 Å². The highest BCUT2D eigenvalue weighted by molar-refractivity contribution is 5.97. The molecule has 0 atom stereocenters. The molecular weight excluding hydrogens is 230 g/mol. The molecule has 4 nitrogen and oxygen atoms in total. The van der Waals surface area contributed by atoms with Crippen LogP contribution in [0.15, 0.2) is 30.3 Å². The molecule has 0 saturated carbocycles. The van der Waals surface area contributed by atoms with E-state index < -0.39 is 0 Å². The van der Waals surface area contributed by atoms with Gasteiger partial charge in [-0.15, -0.1) is 0 Å². The van der Waals surface area contributed by atoms with Gasteiger partial charge in [-0.3, -0.25) is 14.4 Å². The van der Waals surface area contributed by atoms with Gasteiger partial charge in [0, 0.05) is 12.1 Å². The average molecular weight is 246 g/mol. The molecule has 0 N–H and O–H groups in total. The number of hydroxylamine groups is 2. The van der Waals surface area contributed by atoms with Crippen LogP contribution in [0.25, 0.3) is 6.08 Å². The van der Waals surface area contributed by atoms with E-state index in [-0.39, 0.29) is 5.91 Å². The first-order valence-corrected chi connectivity index (χ1v) is 5.73. The third kappa shape index (κ3) is 3.53. The van der Waals surface area contributed by atoms with Gasteiger partial charge in [0.2, 0.25) is 6.29 Å². The Balaban J connectivity index is 3.03. The highest BCUT2D eigenvalue weighted by atomic mass is 16.7. The van der Waals surface area contributed by atoms with Crippen molar-refractivity contribution in [1.29, 1.82) is 0 Å². The minimum absolute atomic E-state index is 0.217. The van der Waals surface area contributed by atoms with E-state index in [0.29, 0.717) is 17.7 Å². The van der Waals surface area contributed by atoms with E-state index in [1.165, 1.54) is 18.2 Å². The van der Waals surface area contributed by atoms with Crippen molar-refractivity contribution in [1.82, 2.24) is 5.06 Å². The Kier molecular flexibility index (Phi) is 5.80. The number of hydrogen-bond acceptors (Lipinski definition) is 3. The van der Waals surface area contributed by atoms with Crippen molar-refractivity contribution in [2.45, 2.75) is 13.3 Å². The topological polar surface area (TPSA) is 46.6 Å². The summed E-state index contributed by atoms with van der Waals surface area (Å²) in [5.74, 6) is -0.217. The van der Waals surface area contributed by atoms with Crippen LogP contribution < -0.4 is 0 Å². The third-order valence-electron chi connectivity index (χ3n) is 2.40. The Bertz CT molecular complexity index is 440. The number of nitrogens with zero attached hydrogens (tertiary/aromatic N) is 1. The lowest BCUT2D eigenvalue weighted by Crippen LogP contribution is -2.31. The molecule has 1 rings (SSSR count). The van der Waals surface area contributed by atoms with Crippen LogP contribution in [0.1, 0.15) is 29.3 Å². The van der Waals surface area contributed by atoms with Gasteiger partial charge in [0.15, 0.2) is 0 Å². The number of carbonyl (C=O) groups excluding carboxylic acids is 2. The van der Waals surface area contributed by atoms with Gasteiger partial charge in [-0.25, -0.2) is 5.06 Å². The van der Waals surface area contributed by atoms with E-state index in [9.17, 15) is 9.59 Å². The van der Waals surface area contributed by atoms with E-state index in [2.05, 4.69) is 0 Å². The summed E-state index contributed by atoms with van der Waals surface area (Å²) in [5.41, 5.74) is 1.17. The Morgan fingerprint density at radius 3 is 2.78 bits per heavy atom. The molecule has 0 fully saturated rings. The Morgan fingerprint density at radius 1 is 1.44 bits per heavy atom. The largest absolute Gasteiger partial charge is 0.286 e. The molecule has 0 aliphatic heterocycles. The van der Waals surface area contributed by atoms with Gasteiger partial charge in [-0.2, -0.15) is 0 Å². The Morgan fingerprint density at radius 2 is 2.17 bits per heavy atom. The van der Waals surface area contributed by atoms with Crippen LogP contribution in [-0.2, 0) is 9.63 Å². The zero-order valence-electron chi connectivity index (χ0n) is 10.6. The van der Waals surface area contributed by atoms with Gasteiger partial charge < -0.3 is 0 Å². The fourth-order valence-electron chi connectivity index (χ4n) is 1.57. The van der Waals surface area contributed by atoms with Crippen molar-refractivity contribution in [3.05, 3.63) is 41.5 Å². The molecule has 0 aliphatic carbocycles. The average Bonchev–Trinajstić information content (AvgIpc) is 2.42. The first-order valence-electron chi connectivity index (χ1n) is 5.73. The van der Waals surface area contributed by atoms with Crippen LogP contribution in [0, 0.1) is 0 Å². The van der Waals surface area contributed by atoms with Gasteiger partial charge >= 0.3 is 0 Å². The molecule has 95 valence electrons. The molecule has 4 heteroatoms. The van der Waals surface area contributed by atoms with Crippen LogP contribution in [0.2, 0.25) is 0 Å². The molecule has 18 heavy (non-hydrogen) atoms. The molecule has 0 bridgehead atoms. The second kappa shape index (κ2) is 7.40. The monoisotopic (exact) mass is 246 g/mol. The SMILES string of the molecule is CCCN(OC)C(=O)c1ccccc1/C=C/[C]=O. The minimum Gasteiger partial charge on any atom is -0.286 e. The summed E-state index contributed by atoms with van der Waals surface area (Å²) in [6.07, 6.45) is 5.26. The first kappa shape index (κ1) is 14.1. The van der Waals surface area contributed by atoms with E-state index in [1.54, 1.807) is 36.6 Å². The second-order valence-electron chi connectivity index (χ2n) is 3.63. The molecule has 0 aromatic heterocycles. The fourth-order valence-corrected chi connectivity index (χ4v) is 1.57. The van der Waals surface area contributed by atoms with Crippen molar-refractivity contribution in [3.63, 3.8) is 0 Å². The molecule has 0 unspecified atom stereocenters. The van der Waals surface area contributed by atoms with E-state index >= 15 is 0 Å². The zero-order chi connectivity index (χ0) is 13.4. The summed E-state index contributed by atoms with van der Waals surface area (Å²) >= 11 is 0. The lowest BCUT2D eigenvalue weighted by atomic mass is 10.1. The highest BCUT2D eigenvalue weighted by Crippen LogP contribution is 2.14. The molecule has 1 amide bonds. The van der Waals surface area contributed by atoms with Crippen molar-refractivity contribution in [2.24, 2.45) is 0 Å². The maximum Gasteiger partial charge on any atom is 0.278 e. The van der Waals surface area contributed by atoms with Gasteiger partial charge in [-0.05, 0) is 24.1 Å². The number of rotatable bonds is 6. The van der Waals surface area contributed by atoms with Crippen molar-refractivity contribution in [3.8, 4) is 0 Å². The predicted octanol–water partition coefficient (Wildman–Crippen LogP) is 2.22. The maximum atomic E-state index is 12.2. The van der Waals surface area contributed by atoms with Crippen LogP contribution in [0.4, 0.5) is 0 Å². The van der Waals surface area contributed by atoms with E-state index in [4.69, 9.17) is 4.84 Å². The molecule has 1 aromatic rings. The van der Waals surface area contributed by atoms with E-state index in [0.717, 1.165) is 6.42 Å². The molecule has 1 radical (unpaired) electrons. The standard InChI is InChI=1S/C14H16NO3/c1-3-10-15(18-2)14(17)13-9-5-4-7-12(13)8-6-11-16/h4-9H,3,10H2,1-2H3/b8-6+. The minimum atomic E-state index is -0.217. The number of allylic oxidation sites excluding steroid dienone is 1. The predicted molar refractivity (Wildman–Crippen MR) is 69.5 cm³/mol. The molecule has 0 aliphatic rings. The Labute approximate surface area is 107 Å². The van der Waals surface area contributed by atoms with Gasteiger partial charge in [0.25, 0.3) is 5.91 Å². The lowest BCUT2D eigenvalue weighted by molar-refractivity contribution is -0.0948. The van der Waals surface area contributed by atoms with Crippen molar-refractivity contribution in [2.75, 3.05) is 13.7 Å². The molecular formula is C14H16NO3. The van der Waals surface area contributed by atoms with Gasteiger partial charge in [-0.1, -0.05) is 31.2 Å². The highest BCUT2D eigenvalue weighted by Gasteiger charge is 2.16. The number of hydrogen-bond donors (Lipinski definition) is 0. The molecule has 0 heterocycles. The Hall–Kier alpha value is -1.94. The summed E-state index contributed by atoms with van der Waals surface area (Å²) in [6, 6.07) is 7.04. The summed E-state index contributed by atoms with van der Waals surface area (Å²) in [5, 5.41) is 1.30. The summed E-state index contributed by atoms with van der Waals surface area (Å²) in [4.78, 5) is 27.5. The lowest BCUT2D eigenvalue weighted by Gasteiger charge is -2.19. The second-order valence-corrected chi connectivity index (χ2v) is 3.63. The van der Waals surface area contributed by atoms with Crippen molar-refractivity contribution >= 4 is 18.3 Å². The van der Waals surface area contributed by atoms with Crippen LogP contribution in [-0.4, -0.2) is 30.9 Å². The van der Waals surface area contributed by atoms with Gasteiger partial charge in [0.1, 0.15) is 0 Å². The third-order valence-corrected chi connectivity index (χ3v) is 2.40. The number of carbonyl (C=O) groups is 1. The normalized spacial score (nSPS) is 10.6. The summed E-state index contributed by atoms with van der Waals surface area (Å²) < 4.78 is 0. The number of amides is 1. The van der Waals surface area contributed by atoms with Crippen LogP contribution in [0.5, 0.6) is 0 Å². The zero-order valence-corrected chi connectivity index (χ0v) is 10.6. The van der Waals surface area contributed by atoms with Gasteiger partial charge in [0.05, 0.1) is 7.11 Å². The fraction of sp³-hybridized carbons (Fsp3) is 0.286. The summed E-state index contributed by atoms with van der Waals surface area (Å²) in [6.45, 7) is 2.49. The molecule has 0 saturated heterocycles.